The number of unbranched alkanes of at least 4 members (excludes halogenated alkanes) is 5. The van der Waals surface area contributed by atoms with Crippen molar-refractivity contribution in [3.05, 3.63) is 35.9 Å². The summed E-state index contributed by atoms with van der Waals surface area (Å²) in [5.41, 5.74) is 1.10. The van der Waals surface area contributed by atoms with Crippen LogP contribution in [0, 0.1) is 5.92 Å². The Bertz CT molecular complexity index is 904. The Labute approximate surface area is 240 Å². The summed E-state index contributed by atoms with van der Waals surface area (Å²) in [6, 6.07) is 9.38. The predicted molar refractivity (Wildman–Crippen MR) is 153 cm³/mol. The van der Waals surface area contributed by atoms with Crippen LogP contribution in [0.5, 0.6) is 0 Å². The summed E-state index contributed by atoms with van der Waals surface area (Å²) in [7, 11) is 0. The Balaban J connectivity index is 2.02. The second-order valence-electron chi connectivity index (χ2n) is 10.5. The number of amides is 1. The maximum atomic E-state index is 13.5. The van der Waals surface area contributed by atoms with E-state index in [0.29, 0.717) is 39.0 Å². The van der Waals surface area contributed by atoms with Crippen LogP contribution < -0.4 is 0 Å². The molecule has 0 saturated carbocycles. The molecule has 0 spiro atoms. The van der Waals surface area contributed by atoms with Crippen LogP contribution in [0.15, 0.2) is 30.3 Å². The highest BCUT2D eigenvalue weighted by Gasteiger charge is 2.44. The molecule has 0 radical (unpaired) electrons. The van der Waals surface area contributed by atoms with Crippen molar-refractivity contribution in [3.8, 4) is 0 Å². The van der Waals surface area contributed by atoms with Gasteiger partial charge in [0.15, 0.2) is 5.78 Å². The first-order valence-corrected chi connectivity index (χ1v) is 15.2. The molecule has 3 atom stereocenters. The number of hydrogen-bond acceptors (Lipinski definition) is 7. The fourth-order valence-corrected chi connectivity index (χ4v) is 5.17. The van der Waals surface area contributed by atoms with E-state index in [-0.39, 0.29) is 36.8 Å². The summed E-state index contributed by atoms with van der Waals surface area (Å²) < 4.78 is 16.4. The molecule has 0 bridgehead atoms. The van der Waals surface area contributed by atoms with Gasteiger partial charge in [0.25, 0.3) is 0 Å². The zero-order chi connectivity index (χ0) is 29.2. The third kappa shape index (κ3) is 11.8. The quantitative estimate of drug-likeness (QED) is 0.113. The number of piperidine rings is 1. The van der Waals surface area contributed by atoms with Gasteiger partial charge in [0.05, 0.1) is 32.0 Å². The van der Waals surface area contributed by atoms with Gasteiger partial charge in [-0.15, -0.1) is 0 Å². The molecule has 2 rings (SSSR count). The third-order valence-electron chi connectivity index (χ3n) is 7.38. The minimum Gasteiger partial charge on any atom is -0.466 e. The van der Waals surface area contributed by atoms with Crippen LogP contribution in [-0.2, 0) is 40.0 Å². The van der Waals surface area contributed by atoms with Gasteiger partial charge in [-0.25, -0.2) is 0 Å². The van der Waals surface area contributed by atoms with Crippen molar-refractivity contribution >= 4 is 23.6 Å². The molecule has 0 N–H and O–H groups in total. The molecule has 3 unspecified atom stereocenters. The molecule has 1 aromatic rings. The number of ether oxygens (including phenoxy) is 3. The highest BCUT2D eigenvalue weighted by molar-refractivity contribution is 6.08. The van der Waals surface area contributed by atoms with Crippen LogP contribution in [0.1, 0.15) is 103 Å². The highest BCUT2D eigenvalue weighted by atomic mass is 16.5. The number of nitrogens with zero attached hydrogens (tertiary/aromatic N) is 1. The number of benzene rings is 1. The number of Topliss-reactive ketones (excluding diaryl/α,β-unsaturated/α-hetero) is 1. The van der Waals surface area contributed by atoms with E-state index in [0.717, 1.165) is 56.9 Å². The van der Waals surface area contributed by atoms with Gasteiger partial charge < -0.3 is 19.1 Å². The maximum Gasteiger partial charge on any atom is 0.317 e. The predicted octanol–water partition coefficient (Wildman–Crippen LogP) is 5.80. The molecule has 224 valence electrons. The molecule has 8 nitrogen and oxygen atoms in total. The smallest absolute Gasteiger partial charge is 0.317 e. The molecule has 1 saturated heterocycles. The van der Waals surface area contributed by atoms with Crippen LogP contribution in [0.2, 0.25) is 0 Å². The lowest BCUT2D eigenvalue weighted by molar-refractivity contribution is -0.162. The van der Waals surface area contributed by atoms with Crippen LogP contribution in [0.3, 0.4) is 0 Å². The summed E-state index contributed by atoms with van der Waals surface area (Å²) in [4.78, 5) is 52.5. The van der Waals surface area contributed by atoms with Crippen LogP contribution in [0.4, 0.5) is 0 Å². The molecule has 40 heavy (non-hydrogen) atoms. The van der Waals surface area contributed by atoms with E-state index in [9.17, 15) is 19.2 Å². The number of rotatable bonds is 20. The number of ketones is 1. The lowest BCUT2D eigenvalue weighted by Gasteiger charge is -2.38. The number of hydrogen-bond donors (Lipinski definition) is 0. The summed E-state index contributed by atoms with van der Waals surface area (Å²) in [5, 5.41) is 0. The number of esters is 2. The Morgan fingerprint density at radius 2 is 1.62 bits per heavy atom. The fourth-order valence-electron chi connectivity index (χ4n) is 5.17. The van der Waals surface area contributed by atoms with Crippen molar-refractivity contribution in [1.29, 1.82) is 0 Å². The van der Waals surface area contributed by atoms with Gasteiger partial charge in [-0.1, -0.05) is 75.8 Å². The van der Waals surface area contributed by atoms with E-state index in [4.69, 9.17) is 14.2 Å². The Kier molecular flexibility index (Phi) is 16.2. The molecule has 1 amide bonds. The molecular formula is C32H49NO7. The average Bonchev–Trinajstić information content (AvgIpc) is 2.94. The highest BCUT2D eigenvalue weighted by Crippen LogP contribution is 2.27. The van der Waals surface area contributed by atoms with Gasteiger partial charge in [0.2, 0.25) is 5.91 Å². The van der Waals surface area contributed by atoms with Gasteiger partial charge >= 0.3 is 11.9 Å². The molecule has 1 fully saturated rings. The SMILES string of the molecule is CCCCCC(CCN1C(=O)CC(C(=O)OCC)C(=O)C1CCCCCCC(=O)OCC)OCc1ccccc1. The molecular weight excluding hydrogens is 510 g/mol. The number of carbonyl (C=O) groups excluding carboxylic acids is 4. The van der Waals surface area contributed by atoms with E-state index in [1.54, 1.807) is 18.7 Å². The van der Waals surface area contributed by atoms with E-state index >= 15 is 0 Å². The maximum absolute atomic E-state index is 13.5. The first-order valence-electron chi connectivity index (χ1n) is 15.2. The molecule has 0 aromatic heterocycles. The van der Waals surface area contributed by atoms with E-state index in [1.807, 2.05) is 30.3 Å². The number of likely N-dealkylation sites (tertiary alicyclic amines) is 1. The first-order chi connectivity index (χ1) is 19.4. The minimum absolute atomic E-state index is 0.0269. The van der Waals surface area contributed by atoms with Gasteiger partial charge in [-0.3, -0.25) is 19.2 Å². The van der Waals surface area contributed by atoms with Gasteiger partial charge in [-0.2, -0.15) is 0 Å². The summed E-state index contributed by atoms with van der Waals surface area (Å²) >= 11 is 0. The zero-order valence-electron chi connectivity index (χ0n) is 24.7. The lowest BCUT2D eigenvalue weighted by Crippen LogP contribution is -2.55. The Hall–Kier alpha value is -2.74. The van der Waals surface area contributed by atoms with E-state index < -0.39 is 17.9 Å². The lowest BCUT2D eigenvalue weighted by atomic mass is 9.85. The molecule has 1 aliphatic heterocycles. The van der Waals surface area contributed by atoms with Crippen molar-refractivity contribution in [2.24, 2.45) is 5.92 Å². The minimum atomic E-state index is -1.04. The average molecular weight is 560 g/mol. The third-order valence-corrected chi connectivity index (χ3v) is 7.38. The standard InChI is InChI=1S/C32H49NO7/c1-4-7-11-18-26(40-24-25-16-12-10-13-17-25)21-22-33-28(19-14-8-9-15-20-30(35)38-5-2)31(36)27(23-29(33)34)32(37)39-6-3/h10,12-13,16-17,26-28H,4-9,11,14-15,18-24H2,1-3H3. The van der Waals surface area contributed by atoms with E-state index in [1.165, 1.54) is 0 Å². The van der Waals surface area contributed by atoms with Crippen molar-refractivity contribution < 1.29 is 33.4 Å². The van der Waals surface area contributed by atoms with Crippen molar-refractivity contribution in [2.45, 2.75) is 117 Å². The second-order valence-corrected chi connectivity index (χ2v) is 10.5. The largest absolute Gasteiger partial charge is 0.466 e. The van der Waals surface area contributed by atoms with E-state index in [2.05, 4.69) is 6.92 Å². The van der Waals surface area contributed by atoms with Crippen molar-refractivity contribution in [2.75, 3.05) is 19.8 Å². The number of carbonyl (C=O) groups is 4. The molecule has 1 heterocycles. The van der Waals surface area contributed by atoms with Gasteiger partial charge in [0, 0.05) is 19.4 Å². The van der Waals surface area contributed by atoms with Crippen molar-refractivity contribution in [3.63, 3.8) is 0 Å². The van der Waals surface area contributed by atoms with Gasteiger partial charge in [-0.05, 0) is 45.1 Å². The molecule has 1 aromatic carbocycles. The summed E-state index contributed by atoms with van der Waals surface area (Å²) in [5.74, 6) is -2.24. The van der Waals surface area contributed by atoms with Crippen LogP contribution in [0.25, 0.3) is 0 Å². The molecule has 0 aliphatic carbocycles. The molecule has 8 heteroatoms. The Morgan fingerprint density at radius 1 is 0.900 bits per heavy atom. The normalized spacial score (nSPS) is 18.0. The Morgan fingerprint density at radius 3 is 2.33 bits per heavy atom. The topological polar surface area (TPSA) is 99.2 Å². The van der Waals surface area contributed by atoms with Crippen molar-refractivity contribution in [1.82, 2.24) is 4.90 Å². The van der Waals surface area contributed by atoms with Crippen LogP contribution >= 0.6 is 0 Å². The fraction of sp³-hybridized carbons (Fsp3) is 0.688. The first kappa shape index (κ1) is 33.5. The monoisotopic (exact) mass is 559 g/mol. The van der Waals surface area contributed by atoms with Gasteiger partial charge in [0.1, 0.15) is 5.92 Å². The second kappa shape index (κ2) is 19.4. The zero-order valence-corrected chi connectivity index (χ0v) is 24.7. The van der Waals surface area contributed by atoms with Crippen LogP contribution in [-0.4, -0.2) is 60.4 Å². The summed E-state index contributed by atoms with van der Waals surface area (Å²) in [6.45, 7) is 7.12. The summed E-state index contributed by atoms with van der Waals surface area (Å²) in [6.07, 6.45) is 8.63. The molecule has 1 aliphatic rings.